The molecule has 0 fully saturated rings. The molecule has 0 N–H and O–H groups in total. The molecule has 21 heavy (non-hydrogen) atoms. The van der Waals surface area contributed by atoms with E-state index in [1.54, 1.807) is 6.07 Å². The molecule has 3 rings (SSSR count). The zero-order chi connectivity index (χ0) is 15.1. The van der Waals surface area contributed by atoms with Gasteiger partial charge >= 0.3 is 0 Å². The van der Waals surface area contributed by atoms with Crippen LogP contribution in [0.4, 0.5) is 14.5 Å². The van der Waals surface area contributed by atoms with Crippen LogP contribution in [0.1, 0.15) is 11.1 Å². The summed E-state index contributed by atoms with van der Waals surface area (Å²) in [5.74, 6) is -1.63. The fourth-order valence-corrected chi connectivity index (χ4v) is 4.41. The Morgan fingerprint density at radius 2 is 1.81 bits per heavy atom. The number of fused-ring (bicyclic) bond motifs is 2. The zero-order valence-corrected chi connectivity index (χ0v) is 12.3. The number of aryl methyl sites for hydroxylation is 1. The van der Waals surface area contributed by atoms with Crippen LogP contribution in [0.25, 0.3) is 4.85 Å². The Kier molecular flexibility index (Phi) is 3.36. The average molecular weight is 316 g/mol. The number of hydrogen-bond acceptors (Lipinski definition) is 3. The van der Waals surface area contributed by atoms with Gasteiger partial charge in [-0.3, -0.25) is 0 Å². The summed E-state index contributed by atoms with van der Waals surface area (Å²) in [7, 11) is 0. The maximum Gasteiger partial charge on any atom is 0.243 e. The van der Waals surface area contributed by atoms with Gasteiger partial charge in [-0.25, -0.2) is 13.6 Å². The number of benzene rings is 2. The first-order chi connectivity index (χ1) is 10.1. The molecule has 6 heteroatoms. The highest BCUT2D eigenvalue weighted by molar-refractivity contribution is 8.05. The van der Waals surface area contributed by atoms with Gasteiger partial charge < -0.3 is 0 Å². The van der Waals surface area contributed by atoms with Crippen LogP contribution >= 0.6 is 23.5 Å². The molecule has 0 aromatic heterocycles. The van der Waals surface area contributed by atoms with Crippen molar-refractivity contribution in [1.29, 1.82) is 5.26 Å². The van der Waals surface area contributed by atoms with Crippen LogP contribution in [0, 0.1) is 36.5 Å². The van der Waals surface area contributed by atoms with Gasteiger partial charge in [-0.05, 0) is 24.6 Å². The van der Waals surface area contributed by atoms with Gasteiger partial charge in [0.25, 0.3) is 0 Å². The number of nitrogens with zero attached hydrogens (tertiary/aromatic N) is 2. The lowest BCUT2D eigenvalue weighted by Crippen LogP contribution is -2.00. The van der Waals surface area contributed by atoms with Crippen molar-refractivity contribution in [3.8, 4) is 6.07 Å². The minimum atomic E-state index is -0.817. The molecule has 2 nitrogen and oxygen atoms in total. The van der Waals surface area contributed by atoms with Gasteiger partial charge in [0.05, 0.1) is 28.0 Å². The molecule has 0 bridgehead atoms. The van der Waals surface area contributed by atoms with Gasteiger partial charge in [0.2, 0.25) is 5.69 Å². The molecule has 0 unspecified atom stereocenters. The van der Waals surface area contributed by atoms with Crippen molar-refractivity contribution < 1.29 is 8.78 Å². The Morgan fingerprint density at radius 1 is 1.14 bits per heavy atom. The van der Waals surface area contributed by atoms with Gasteiger partial charge in [-0.2, -0.15) is 5.26 Å². The Morgan fingerprint density at radius 3 is 2.48 bits per heavy atom. The Balaban J connectivity index is 2.28. The molecule has 1 aliphatic heterocycles. The molecule has 0 amide bonds. The minimum absolute atomic E-state index is 0.0813. The van der Waals surface area contributed by atoms with Crippen LogP contribution in [0.5, 0.6) is 0 Å². The molecule has 1 aliphatic rings. The second-order valence-electron chi connectivity index (χ2n) is 4.39. The molecule has 2 aromatic carbocycles. The van der Waals surface area contributed by atoms with Gasteiger partial charge in [0.15, 0.2) is 0 Å². The fraction of sp³-hybridized carbons (Fsp3) is 0.0667. The van der Waals surface area contributed by atoms with E-state index in [-0.39, 0.29) is 9.79 Å². The van der Waals surface area contributed by atoms with Gasteiger partial charge in [-0.1, -0.05) is 29.6 Å². The van der Waals surface area contributed by atoms with E-state index in [4.69, 9.17) is 11.8 Å². The van der Waals surface area contributed by atoms with Crippen LogP contribution in [-0.2, 0) is 0 Å². The molecule has 0 saturated heterocycles. The second kappa shape index (κ2) is 5.07. The molecule has 102 valence electrons. The van der Waals surface area contributed by atoms with E-state index in [1.165, 1.54) is 0 Å². The van der Waals surface area contributed by atoms with E-state index < -0.39 is 22.9 Å². The summed E-state index contributed by atoms with van der Waals surface area (Å²) in [6.45, 7) is 8.89. The predicted octanol–water partition coefficient (Wildman–Crippen LogP) is 5.31. The SMILES string of the molecule is [C-]#[N+]c1c(F)c2c(c(F)c1C#N)Sc1ccc(C)cc1S2. The third-order valence-electron chi connectivity index (χ3n) is 3.02. The van der Waals surface area contributed by atoms with E-state index in [2.05, 4.69) is 4.85 Å². The predicted molar refractivity (Wildman–Crippen MR) is 76.8 cm³/mol. The van der Waals surface area contributed by atoms with Gasteiger partial charge in [0, 0.05) is 9.79 Å². The first kappa shape index (κ1) is 13.9. The molecule has 1 heterocycles. The smallest absolute Gasteiger partial charge is 0.233 e. The number of nitriles is 1. The van der Waals surface area contributed by atoms with E-state index >= 15 is 0 Å². The van der Waals surface area contributed by atoms with Crippen molar-refractivity contribution in [2.45, 2.75) is 26.5 Å². The van der Waals surface area contributed by atoms with Crippen molar-refractivity contribution in [2.75, 3.05) is 0 Å². The van der Waals surface area contributed by atoms with E-state index in [9.17, 15) is 8.78 Å². The summed E-state index contributed by atoms with van der Waals surface area (Å²) >= 11 is 2.19. The Hall–Kier alpha value is -2.02. The van der Waals surface area contributed by atoms with Crippen LogP contribution in [0.2, 0.25) is 0 Å². The van der Waals surface area contributed by atoms with Crippen molar-refractivity contribution in [3.63, 3.8) is 0 Å². The lowest BCUT2D eigenvalue weighted by atomic mass is 10.1. The Bertz CT molecular complexity index is 864. The zero-order valence-electron chi connectivity index (χ0n) is 10.7. The van der Waals surface area contributed by atoms with E-state index in [1.807, 2.05) is 25.1 Å². The van der Waals surface area contributed by atoms with Crippen LogP contribution in [-0.4, -0.2) is 0 Å². The third-order valence-corrected chi connectivity index (χ3v) is 5.58. The first-order valence-electron chi connectivity index (χ1n) is 5.85. The van der Waals surface area contributed by atoms with Crippen LogP contribution in [0.15, 0.2) is 37.8 Å². The molecular formula is C15H6F2N2S2. The maximum absolute atomic E-state index is 14.4. The molecule has 0 atom stereocenters. The largest absolute Gasteiger partial charge is 0.243 e. The first-order valence-corrected chi connectivity index (χ1v) is 7.49. The molecule has 0 aliphatic carbocycles. The van der Waals surface area contributed by atoms with Crippen molar-refractivity contribution >= 4 is 29.2 Å². The van der Waals surface area contributed by atoms with Crippen LogP contribution < -0.4 is 0 Å². The molecule has 2 aromatic rings. The van der Waals surface area contributed by atoms with Crippen LogP contribution in [0.3, 0.4) is 0 Å². The summed E-state index contributed by atoms with van der Waals surface area (Å²) in [5.41, 5.74) is -0.0481. The second-order valence-corrected chi connectivity index (χ2v) is 6.49. The van der Waals surface area contributed by atoms with E-state index in [0.29, 0.717) is 0 Å². The molecule has 0 spiro atoms. The standard InChI is InChI=1S/C15H6F2N2S2/c1-7-3-4-9-10(5-7)21-15-12(17)13(19-2)8(6-18)11(16)14(15)20-9/h3-5H,1H3. The van der Waals surface area contributed by atoms with Gasteiger partial charge in [0.1, 0.15) is 11.6 Å². The Labute approximate surface area is 128 Å². The lowest BCUT2D eigenvalue weighted by molar-refractivity contribution is 0.551. The number of halogens is 2. The average Bonchev–Trinajstić information content (AvgIpc) is 2.49. The lowest BCUT2D eigenvalue weighted by Gasteiger charge is -2.21. The highest BCUT2D eigenvalue weighted by Crippen LogP contribution is 2.53. The normalized spacial score (nSPS) is 12.0. The molecular weight excluding hydrogens is 310 g/mol. The fourth-order valence-electron chi connectivity index (χ4n) is 2.02. The maximum atomic E-state index is 14.4. The number of hydrogen-bond donors (Lipinski definition) is 0. The monoisotopic (exact) mass is 316 g/mol. The third kappa shape index (κ3) is 2.08. The summed E-state index contributed by atoms with van der Waals surface area (Å²) in [5, 5.41) is 8.97. The highest BCUT2D eigenvalue weighted by Gasteiger charge is 2.29. The topological polar surface area (TPSA) is 28.1 Å². The quantitative estimate of drug-likeness (QED) is 0.526. The van der Waals surface area contributed by atoms with Crippen molar-refractivity contribution in [1.82, 2.24) is 0 Å². The molecule has 0 saturated carbocycles. The summed E-state index contributed by atoms with van der Waals surface area (Å²) < 4.78 is 28.8. The minimum Gasteiger partial charge on any atom is -0.233 e. The van der Waals surface area contributed by atoms with Gasteiger partial charge in [-0.15, -0.1) is 0 Å². The van der Waals surface area contributed by atoms with E-state index in [0.717, 1.165) is 38.9 Å². The number of rotatable bonds is 0. The summed E-state index contributed by atoms with van der Waals surface area (Å²) in [6.07, 6.45) is 0. The highest BCUT2D eigenvalue weighted by atomic mass is 32.2. The molecule has 0 radical (unpaired) electrons. The summed E-state index contributed by atoms with van der Waals surface area (Å²) in [6, 6.07) is 7.22. The summed E-state index contributed by atoms with van der Waals surface area (Å²) in [4.78, 5) is 4.78. The van der Waals surface area contributed by atoms with Crippen molar-refractivity contribution in [3.05, 3.63) is 52.4 Å². The van der Waals surface area contributed by atoms with Crippen molar-refractivity contribution in [2.24, 2.45) is 0 Å².